The Hall–Kier alpha value is -1.06. The monoisotopic (exact) mass is 219 g/mol. The minimum Gasteiger partial charge on any atom is -0.507 e. The van der Waals surface area contributed by atoms with Gasteiger partial charge in [0.25, 0.3) is 0 Å². The van der Waals surface area contributed by atoms with Gasteiger partial charge in [0.1, 0.15) is 5.75 Å². The van der Waals surface area contributed by atoms with Crippen LogP contribution in [0, 0.1) is 0 Å². The number of hydrogen-bond donors (Lipinski definition) is 2. The fourth-order valence-electron chi connectivity index (χ4n) is 2.69. The quantitative estimate of drug-likeness (QED) is 0.753. The Bertz CT molecular complexity index is 397. The summed E-state index contributed by atoms with van der Waals surface area (Å²) in [7, 11) is 0. The van der Waals surface area contributed by atoms with Crippen molar-refractivity contribution in [2.24, 2.45) is 0 Å². The van der Waals surface area contributed by atoms with Crippen molar-refractivity contribution in [3.63, 3.8) is 0 Å². The number of phenols is 1. The number of aromatic hydroxyl groups is 1. The van der Waals surface area contributed by atoms with Gasteiger partial charge in [-0.1, -0.05) is 12.1 Å². The van der Waals surface area contributed by atoms with Crippen LogP contribution in [-0.2, 0) is 17.6 Å². The van der Waals surface area contributed by atoms with E-state index < -0.39 is 0 Å². The molecule has 1 aliphatic carbocycles. The Balaban J connectivity index is 1.95. The first-order chi connectivity index (χ1) is 7.86. The molecule has 16 heavy (non-hydrogen) atoms. The fourth-order valence-corrected chi connectivity index (χ4v) is 2.69. The molecule has 1 aromatic rings. The lowest BCUT2D eigenvalue weighted by molar-refractivity contribution is 0.0262. The number of morpholine rings is 1. The molecule has 0 radical (unpaired) electrons. The van der Waals surface area contributed by atoms with Gasteiger partial charge < -0.3 is 15.2 Å². The molecule has 2 aliphatic rings. The number of ether oxygens (including phenoxy) is 1. The zero-order valence-corrected chi connectivity index (χ0v) is 9.33. The van der Waals surface area contributed by atoms with E-state index in [-0.39, 0.29) is 6.10 Å². The van der Waals surface area contributed by atoms with Crippen molar-refractivity contribution < 1.29 is 9.84 Å². The molecule has 0 saturated carbocycles. The lowest BCUT2D eigenvalue weighted by Crippen LogP contribution is -2.33. The second kappa shape index (κ2) is 4.07. The van der Waals surface area contributed by atoms with E-state index in [4.69, 9.17) is 4.74 Å². The predicted octanol–water partition coefficient (Wildman–Crippen LogP) is 1.54. The third kappa shape index (κ3) is 1.60. The van der Waals surface area contributed by atoms with E-state index in [0.717, 1.165) is 50.1 Å². The average Bonchev–Trinajstić information content (AvgIpc) is 2.80. The summed E-state index contributed by atoms with van der Waals surface area (Å²) in [5.74, 6) is 0.476. The van der Waals surface area contributed by atoms with Crippen LogP contribution in [0.1, 0.15) is 29.2 Å². The van der Waals surface area contributed by atoms with Crippen LogP contribution in [0.15, 0.2) is 12.1 Å². The highest BCUT2D eigenvalue weighted by Gasteiger charge is 2.23. The molecule has 1 aromatic carbocycles. The van der Waals surface area contributed by atoms with Crippen LogP contribution >= 0.6 is 0 Å². The fraction of sp³-hybridized carbons (Fsp3) is 0.538. The van der Waals surface area contributed by atoms with Crippen LogP contribution in [0.2, 0.25) is 0 Å². The van der Waals surface area contributed by atoms with Gasteiger partial charge in [-0.15, -0.1) is 0 Å². The lowest BCUT2D eigenvalue weighted by Gasteiger charge is -2.25. The Kier molecular flexibility index (Phi) is 2.58. The van der Waals surface area contributed by atoms with Gasteiger partial charge in [0.05, 0.1) is 12.7 Å². The summed E-state index contributed by atoms with van der Waals surface area (Å²) in [5, 5.41) is 13.5. The third-order valence-corrected chi connectivity index (χ3v) is 3.56. The summed E-state index contributed by atoms with van der Waals surface area (Å²) in [5.41, 5.74) is 3.41. The lowest BCUT2D eigenvalue weighted by atomic mass is 10.00. The Labute approximate surface area is 95.4 Å². The minimum absolute atomic E-state index is 0.0136. The number of benzene rings is 1. The first-order valence-corrected chi connectivity index (χ1v) is 6.02. The van der Waals surface area contributed by atoms with Crippen LogP contribution < -0.4 is 5.32 Å². The van der Waals surface area contributed by atoms with Gasteiger partial charge >= 0.3 is 0 Å². The summed E-state index contributed by atoms with van der Waals surface area (Å²) in [4.78, 5) is 0. The molecule has 86 valence electrons. The molecule has 3 heteroatoms. The Morgan fingerprint density at radius 2 is 2.25 bits per heavy atom. The number of fused-ring (bicyclic) bond motifs is 1. The topological polar surface area (TPSA) is 41.5 Å². The standard InChI is InChI=1S/C13H17NO2/c15-13-10-3-1-2-9(10)4-5-11(13)12-8-14-6-7-16-12/h4-5,12,14-15H,1-3,6-8H2. The first kappa shape index (κ1) is 10.1. The van der Waals surface area contributed by atoms with Crippen LogP contribution in [0.5, 0.6) is 5.75 Å². The van der Waals surface area contributed by atoms with E-state index in [0.29, 0.717) is 5.75 Å². The number of aryl methyl sites for hydroxylation is 1. The van der Waals surface area contributed by atoms with Gasteiger partial charge in [-0.3, -0.25) is 0 Å². The van der Waals surface area contributed by atoms with E-state index in [2.05, 4.69) is 11.4 Å². The van der Waals surface area contributed by atoms with E-state index in [9.17, 15) is 5.11 Å². The molecule has 0 bridgehead atoms. The molecular weight excluding hydrogens is 202 g/mol. The van der Waals surface area contributed by atoms with Gasteiger partial charge in [0.2, 0.25) is 0 Å². The second-order valence-electron chi connectivity index (χ2n) is 4.56. The van der Waals surface area contributed by atoms with Crippen LogP contribution in [0.3, 0.4) is 0 Å². The summed E-state index contributed by atoms with van der Waals surface area (Å²) < 4.78 is 5.68. The molecule has 0 aromatic heterocycles. The van der Waals surface area contributed by atoms with Crippen molar-refractivity contribution in [1.82, 2.24) is 5.32 Å². The maximum absolute atomic E-state index is 10.3. The van der Waals surface area contributed by atoms with Gasteiger partial charge in [-0.05, 0) is 30.4 Å². The zero-order chi connectivity index (χ0) is 11.0. The molecule has 1 aliphatic heterocycles. The van der Waals surface area contributed by atoms with Gasteiger partial charge in [-0.25, -0.2) is 0 Å². The van der Waals surface area contributed by atoms with E-state index in [1.807, 2.05) is 6.07 Å². The highest BCUT2D eigenvalue weighted by atomic mass is 16.5. The van der Waals surface area contributed by atoms with Crippen molar-refractivity contribution in [3.8, 4) is 5.75 Å². The first-order valence-electron chi connectivity index (χ1n) is 6.02. The highest BCUT2D eigenvalue weighted by molar-refractivity contribution is 5.48. The number of nitrogens with one attached hydrogen (secondary N) is 1. The highest BCUT2D eigenvalue weighted by Crippen LogP contribution is 2.36. The maximum atomic E-state index is 10.3. The summed E-state index contributed by atoms with van der Waals surface area (Å²) in [6.07, 6.45) is 3.29. The summed E-state index contributed by atoms with van der Waals surface area (Å²) >= 11 is 0. The van der Waals surface area contributed by atoms with Crippen molar-refractivity contribution in [1.29, 1.82) is 0 Å². The summed E-state index contributed by atoms with van der Waals surface area (Å²) in [6, 6.07) is 4.17. The maximum Gasteiger partial charge on any atom is 0.124 e. The molecular formula is C13H17NO2. The van der Waals surface area contributed by atoms with E-state index >= 15 is 0 Å². The molecule has 1 heterocycles. The van der Waals surface area contributed by atoms with Gasteiger partial charge in [0.15, 0.2) is 0 Å². The smallest absolute Gasteiger partial charge is 0.124 e. The van der Waals surface area contributed by atoms with Crippen LogP contribution in [-0.4, -0.2) is 24.8 Å². The Morgan fingerprint density at radius 3 is 3.06 bits per heavy atom. The minimum atomic E-state index is 0.0136. The van der Waals surface area contributed by atoms with E-state index in [1.165, 1.54) is 5.56 Å². The van der Waals surface area contributed by atoms with Gasteiger partial charge in [-0.2, -0.15) is 0 Å². The van der Waals surface area contributed by atoms with E-state index in [1.54, 1.807) is 0 Å². The molecule has 1 saturated heterocycles. The third-order valence-electron chi connectivity index (χ3n) is 3.56. The summed E-state index contributed by atoms with van der Waals surface area (Å²) in [6.45, 7) is 2.43. The van der Waals surface area contributed by atoms with Gasteiger partial charge in [0, 0.05) is 18.7 Å². The van der Waals surface area contributed by atoms with Crippen molar-refractivity contribution in [2.45, 2.75) is 25.4 Å². The second-order valence-corrected chi connectivity index (χ2v) is 4.56. The Morgan fingerprint density at radius 1 is 1.31 bits per heavy atom. The van der Waals surface area contributed by atoms with Crippen LogP contribution in [0.25, 0.3) is 0 Å². The molecule has 1 atom stereocenters. The van der Waals surface area contributed by atoms with Crippen LogP contribution in [0.4, 0.5) is 0 Å². The average molecular weight is 219 g/mol. The largest absolute Gasteiger partial charge is 0.507 e. The molecule has 1 fully saturated rings. The normalized spacial score (nSPS) is 24.4. The molecule has 0 spiro atoms. The zero-order valence-electron chi connectivity index (χ0n) is 9.33. The number of rotatable bonds is 1. The van der Waals surface area contributed by atoms with Crippen molar-refractivity contribution >= 4 is 0 Å². The molecule has 2 N–H and O–H groups in total. The van der Waals surface area contributed by atoms with Crippen molar-refractivity contribution in [2.75, 3.05) is 19.7 Å². The molecule has 3 rings (SSSR count). The van der Waals surface area contributed by atoms with Crippen molar-refractivity contribution in [3.05, 3.63) is 28.8 Å². The number of phenolic OH excluding ortho intramolecular Hbond substituents is 1. The molecule has 3 nitrogen and oxygen atoms in total. The molecule has 1 unspecified atom stereocenters. The number of hydrogen-bond acceptors (Lipinski definition) is 3. The molecule has 0 amide bonds. The predicted molar refractivity (Wildman–Crippen MR) is 61.7 cm³/mol. The SMILES string of the molecule is Oc1c(C2CNCCO2)ccc2c1CCC2.